The van der Waals surface area contributed by atoms with Crippen LogP contribution in [0.4, 0.5) is 0 Å². The number of unbranched alkanes of at least 4 members (excludes halogenated alkanes) is 1. The van der Waals surface area contributed by atoms with Gasteiger partial charge in [-0.15, -0.1) is 11.3 Å². The molecule has 3 aromatic carbocycles. The number of carbonyl (C=O) groups excluding carboxylic acids is 8. The molecule has 2 aromatic heterocycles. The van der Waals surface area contributed by atoms with Crippen molar-refractivity contribution >= 4 is 88.3 Å². The molecule has 5 aromatic rings. The van der Waals surface area contributed by atoms with Gasteiger partial charge in [0.05, 0.1) is 39.3 Å². The average Bonchev–Trinajstić information content (AvgIpc) is 3.66. The van der Waals surface area contributed by atoms with Crippen LogP contribution < -0.4 is 31.7 Å². The Morgan fingerprint density at radius 2 is 1.65 bits per heavy atom. The standard InChI is InChI=1S/C60H75ClN9O13PS/c1-33(35-17-19-37(20-18-35)52-34(2)63-32-85-52)64-56(76)47-29-42(71)30-69(47)58(78)53(60(3,4)5)68-50(73)16-9-6-11-36-12-10-15-48(51(36)61)83-31-40(22-26-49(62)72)65-55(75)46-25-23-41-13-7-8-14-44(57(77)70(41)46)67-54(74)45-28-39-27-38(21-24-43(39)66-45)59(79)84(80,81)82/h10,12,15,17-21,24,27-28,32-33,40-42,44,46-47,53,66,71H,6-9,11,13-14,16,22-23,25-26,29-31H2,1-5H3,(H2,62,72)(H,64,76)(H,65,75)(H,67,74)(H,68,73)(H2,80,81,82)/t33?,40?,41-,42+,44-,46-,47-,53?/m0/s1. The van der Waals surface area contributed by atoms with E-state index in [1.807, 2.05) is 65.0 Å². The van der Waals surface area contributed by atoms with E-state index in [1.165, 1.54) is 29.2 Å². The molecule has 3 saturated heterocycles. The molecule has 85 heavy (non-hydrogen) atoms. The number of primary amides is 1. The molecule has 3 unspecified atom stereocenters. The Balaban J connectivity index is 0.833. The summed E-state index contributed by atoms with van der Waals surface area (Å²) in [4.78, 5) is 138. The fraction of sp³-hybridized carbons (Fsp3) is 0.483. The van der Waals surface area contributed by atoms with E-state index in [2.05, 4.69) is 31.2 Å². The fourth-order valence-electron chi connectivity index (χ4n) is 11.4. The van der Waals surface area contributed by atoms with Gasteiger partial charge in [0.2, 0.25) is 35.4 Å². The lowest BCUT2D eigenvalue weighted by Crippen LogP contribution is -2.57. The van der Waals surface area contributed by atoms with Crippen LogP contribution >= 0.6 is 30.5 Å². The van der Waals surface area contributed by atoms with E-state index in [1.54, 1.807) is 33.9 Å². The molecule has 25 heteroatoms. The number of aryl methyl sites for hydroxylation is 2. The van der Waals surface area contributed by atoms with Crippen molar-refractivity contribution in [3.05, 3.63) is 105 Å². The zero-order valence-electron chi connectivity index (χ0n) is 48.2. The number of nitrogens with zero attached hydrogens (tertiary/aromatic N) is 3. The van der Waals surface area contributed by atoms with Gasteiger partial charge in [0.25, 0.3) is 11.4 Å². The molecule has 10 N–H and O–H groups in total. The number of carbonyl (C=O) groups is 8. The van der Waals surface area contributed by atoms with Gasteiger partial charge in [-0.05, 0) is 118 Å². The number of benzene rings is 3. The van der Waals surface area contributed by atoms with Gasteiger partial charge in [-0.3, -0.25) is 42.9 Å². The second-order valence-corrected chi connectivity index (χ2v) is 26.2. The number of hydrogen-bond acceptors (Lipinski definition) is 13. The number of nitrogens with two attached hydrogens (primary N) is 1. The molecule has 0 bridgehead atoms. The number of amides is 7. The minimum absolute atomic E-state index is 0.0503. The van der Waals surface area contributed by atoms with Crippen LogP contribution in [-0.4, -0.2) is 137 Å². The number of nitrogens with one attached hydrogen (secondary N) is 5. The van der Waals surface area contributed by atoms with Crippen LogP contribution in [0.15, 0.2) is 72.2 Å². The minimum Gasteiger partial charge on any atom is -0.490 e. The van der Waals surface area contributed by atoms with E-state index >= 15 is 0 Å². The Hall–Kier alpha value is -7.01. The van der Waals surface area contributed by atoms with Gasteiger partial charge >= 0.3 is 7.60 Å². The molecular weight excluding hydrogens is 1150 g/mol. The monoisotopic (exact) mass is 1230 g/mol. The molecule has 7 amide bonds. The number of ether oxygens (including phenoxy) is 1. The molecule has 8 rings (SSSR count). The lowest BCUT2D eigenvalue weighted by molar-refractivity contribution is -0.144. The summed E-state index contributed by atoms with van der Waals surface area (Å²) in [6, 6.07) is 13.2. The smallest absolute Gasteiger partial charge is 0.396 e. The summed E-state index contributed by atoms with van der Waals surface area (Å²) < 4.78 is 17.8. The molecule has 5 heterocycles. The van der Waals surface area contributed by atoms with Crippen LogP contribution in [0.3, 0.4) is 0 Å². The molecule has 3 aliphatic heterocycles. The summed E-state index contributed by atoms with van der Waals surface area (Å²) in [7, 11) is -5.05. The van der Waals surface area contributed by atoms with Crippen molar-refractivity contribution in [1.82, 2.24) is 41.0 Å². The van der Waals surface area contributed by atoms with E-state index in [0.717, 1.165) is 33.7 Å². The van der Waals surface area contributed by atoms with Crippen LogP contribution in [-0.2, 0) is 39.8 Å². The Labute approximate surface area is 501 Å². The number of halogens is 1. The molecule has 0 spiro atoms. The molecule has 22 nitrogen and oxygen atoms in total. The van der Waals surface area contributed by atoms with E-state index in [4.69, 9.17) is 22.1 Å². The number of aromatic nitrogens is 2. The third-order valence-corrected chi connectivity index (χ3v) is 18.2. The molecule has 0 aliphatic carbocycles. The van der Waals surface area contributed by atoms with Crippen LogP contribution in [0.1, 0.15) is 148 Å². The van der Waals surface area contributed by atoms with E-state index in [0.29, 0.717) is 73.0 Å². The average molecular weight is 1230 g/mol. The van der Waals surface area contributed by atoms with Crippen molar-refractivity contribution in [2.75, 3.05) is 13.2 Å². The molecule has 0 saturated carbocycles. The van der Waals surface area contributed by atoms with Crippen molar-refractivity contribution in [1.29, 1.82) is 0 Å². The van der Waals surface area contributed by atoms with E-state index < -0.39 is 96.3 Å². The Morgan fingerprint density at radius 1 is 0.918 bits per heavy atom. The number of rotatable bonds is 23. The predicted octanol–water partition coefficient (Wildman–Crippen LogP) is 6.52. The lowest BCUT2D eigenvalue weighted by Gasteiger charge is -2.35. The van der Waals surface area contributed by atoms with Crippen LogP contribution in [0.25, 0.3) is 21.3 Å². The first-order valence-corrected chi connectivity index (χ1v) is 31.6. The molecule has 0 radical (unpaired) electrons. The zero-order valence-corrected chi connectivity index (χ0v) is 50.7. The molecule has 456 valence electrons. The summed E-state index contributed by atoms with van der Waals surface area (Å²) in [6.45, 7) is 9.13. The Morgan fingerprint density at radius 3 is 2.34 bits per heavy atom. The number of aromatic amines is 1. The molecule has 8 atom stereocenters. The van der Waals surface area contributed by atoms with Crippen LogP contribution in [0.2, 0.25) is 5.02 Å². The number of thiazole rings is 1. The van der Waals surface area contributed by atoms with Crippen LogP contribution in [0.5, 0.6) is 5.75 Å². The van der Waals surface area contributed by atoms with E-state index in [9.17, 15) is 57.8 Å². The minimum atomic E-state index is -5.05. The van der Waals surface area contributed by atoms with Crippen molar-refractivity contribution < 1.29 is 62.6 Å². The Bertz CT molecular complexity index is 3360. The molecule has 3 aliphatic rings. The first-order chi connectivity index (χ1) is 40.3. The van der Waals surface area contributed by atoms with Gasteiger partial charge in [-0.25, -0.2) is 4.98 Å². The van der Waals surface area contributed by atoms with Crippen LogP contribution in [0, 0.1) is 12.3 Å². The second-order valence-electron chi connectivity index (χ2n) is 23.5. The highest BCUT2D eigenvalue weighted by molar-refractivity contribution is 7.70. The number of fused-ring (bicyclic) bond motifs is 2. The maximum absolute atomic E-state index is 14.4. The summed E-state index contributed by atoms with van der Waals surface area (Å²) in [6.07, 6.45) is 3.92. The predicted molar refractivity (Wildman–Crippen MR) is 319 cm³/mol. The van der Waals surface area contributed by atoms with Crippen molar-refractivity contribution in [2.45, 2.75) is 166 Å². The quantitative estimate of drug-likeness (QED) is 0.0249. The number of hydrogen-bond donors (Lipinski definition) is 9. The first kappa shape index (κ1) is 64.0. The summed E-state index contributed by atoms with van der Waals surface area (Å²) in [5, 5.41) is 23.2. The van der Waals surface area contributed by atoms with Crippen molar-refractivity contribution in [2.24, 2.45) is 11.1 Å². The summed E-state index contributed by atoms with van der Waals surface area (Å²) in [5.41, 5.74) is 9.05. The number of H-pyrrole nitrogens is 1. The van der Waals surface area contributed by atoms with Gasteiger partial charge in [-0.1, -0.05) is 81.6 Å². The highest BCUT2D eigenvalue weighted by Gasteiger charge is 2.46. The van der Waals surface area contributed by atoms with Crippen molar-refractivity contribution in [3.8, 4) is 16.2 Å². The number of aliphatic hydroxyl groups excluding tert-OH is 1. The Kier molecular flexibility index (Phi) is 20.8. The highest BCUT2D eigenvalue weighted by Crippen LogP contribution is 2.40. The maximum atomic E-state index is 14.4. The number of likely N-dealkylation sites (tertiary alicyclic amines) is 1. The SMILES string of the molecule is Cc1ncsc1-c1ccc(C(C)NC(=O)[C@@H]2C[C@@H](O)CN2C(=O)C(NC(=O)CCCCc2cccc(OCC(CCC(N)=O)NC(=O)[C@@H]3CC[C@@H]4CCCC[C@H](NC(=O)c5cc6cc(C(=O)P(=O)(O)O)ccc6[nH]5)C(=O)N43)c2Cl)C(C)(C)C)cc1. The number of aliphatic hydroxyl groups is 1. The largest absolute Gasteiger partial charge is 0.490 e. The zero-order chi connectivity index (χ0) is 61.5. The van der Waals surface area contributed by atoms with Gasteiger partial charge in [0, 0.05) is 48.3 Å². The van der Waals surface area contributed by atoms with Gasteiger partial charge in [0.15, 0.2) is 0 Å². The van der Waals surface area contributed by atoms with Crippen molar-refractivity contribution in [3.63, 3.8) is 0 Å². The molecular formula is C60H75ClN9O13PS. The third kappa shape index (κ3) is 15.9. The fourth-order valence-corrected chi connectivity index (χ4v) is 13.0. The van der Waals surface area contributed by atoms with Gasteiger partial charge < -0.3 is 61.4 Å². The second kappa shape index (κ2) is 27.6. The summed E-state index contributed by atoms with van der Waals surface area (Å²) >= 11 is 8.46. The van der Waals surface area contributed by atoms with Gasteiger partial charge in [0.1, 0.15) is 42.2 Å². The lowest BCUT2D eigenvalue weighted by atomic mass is 9.85. The summed E-state index contributed by atoms with van der Waals surface area (Å²) in [5.74, 6) is -3.02. The molecule has 3 fully saturated rings. The van der Waals surface area contributed by atoms with Gasteiger partial charge in [-0.2, -0.15) is 0 Å². The van der Waals surface area contributed by atoms with E-state index in [-0.39, 0.29) is 62.0 Å². The topological polar surface area (TPSA) is 333 Å². The highest BCUT2D eigenvalue weighted by atomic mass is 35.5. The number of β-amino-alcohol motifs (C(OH)–C–C–N with tert-alkyl or cyclic N) is 1. The third-order valence-electron chi connectivity index (χ3n) is 16.0. The normalized spacial score (nSPS) is 20.2. The maximum Gasteiger partial charge on any atom is 0.396 e. The first-order valence-electron chi connectivity index (χ1n) is 28.7.